The van der Waals surface area contributed by atoms with Crippen molar-refractivity contribution >= 4 is 23.6 Å². The summed E-state index contributed by atoms with van der Waals surface area (Å²) in [5.41, 5.74) is 2.31. The van der Waals surface area contributed by atoms with Crippen molar-refractivity contribution in [1.29, 1.82) is 0 Å². The molecule has 9 heteroatoms. The minimum absolute atomic E-state index is 0.244. The number of ether oxygens (including phenoxy) is 1. The lowest BCUT2D eigenvalue weighted by Crippen LogP contribution is -2.54. The second-order valence-electron chi connectivity index (χ2n) is 7.82. The zero-order valence-electron chi connectivity index (χ0n) is 17.1. The summed E-state index contributed by atoms with van der Waals surface area (Å²) in [7, 11) is 1.58. The number of aromatic nitrogens is 3. The highest BCUT2D eigenvalue weighted by molar-refractivity contribution is 6.01. The summed E-state index contributed by atoms with van der Waals surface area (Å²) in [6.45, 7) is 5.81. The number of rotatable bonds is 3. The van der Waals surface area contributed by atoms with Crippen LogP contribution in [-0.4, -0.2) is 52.6 Å². The first-order chi connectivity index (χ1) is 13.9. The number of hydrogen-bond acceptors (Lipinski definition) is 5. The summed E-state index contributed by atoms with van der Waals surface area (Å²) >= 11 is 0. The predicted molar refractivity (Wildman–Crippen MR) is 109 cm³/mol. The highest BCUT2D eigenvalue weighted by Crippen LogP contribution is 2.39. The van der Waals surface area contributed by atoms with Gasteiger partial charge in [-0.1, -0.05) is 0 Å². The maximum absolute atomic E-state index is 12.8. The summed E-state index contributed by atoms with van der Waals surface area (Å²) in [6.07, 6.45) is 7.13. The van der Waals surface area contributed by atoms with E-state index in [1.54, 1.807) is 29.2 Å². The molecule has 29 heavy (non-hydrogen) atoms. The minimum atomic E-state index is -0.447. The maximum atomic E-state index is 12.8. The van der Waals surface area contributed by atoms with Gasteiger partial charge < -0.3 is 10.1 Å². The lowest BCUT2D eigenvalue weighted by molar-refractivity contribution is 0.122. The van der Waals surface area contributed by atoms with E-state index >= 15 is 0 Å². The molecule has 4 rings (SSSR count). The van der Waals surface area contributed by atoms with Crippen LogP contribution in [0.25, 0.3) is 11.1 Å². The third kappa shape index (κ3) is 3.64. The average Bonchev–Trinajstić information content (AvgIpc) is 3.42. The Balaban J connectivity index is 1.75. The number of carbonyl (C=O) groups excluding carboxylic acids is 2. The molecule has 0 bridgehead atoms. The van der Waals surface area contributed by atoms with Gasteiger partial charge in [-0.05, 0) is 39.7 Å². The fraction of sp³-hybridized carbons (Fsp3) is 0.500. The van der Waals surface area contributed by atoms with Gasteiger partial charge in [-0.2, -0.15) is 5.10 Å². The van der Waals surface area contributed by atoms with Crippen LogP contribution in [-0.2, 0) is 4.74 Å². The summed E-state index contributed by atoms with van der Waals surface area (Å²) < 4.78 is 7.40. The van der Waals surface area contributed by atoms with Crippen molar-refractivity contribution in [2.45, 2.75) is 51.8 Å². The highest BCUT2D eigenvalue weighted by atomic mass is 16.6. The molecule has 1 unspecified atom stereocenters. The van der Waals surface area contributed by atoms with Gasteiger partial charge in [0.15, 0.2) is 5.82 Å². The van der Waals surface area contributed by atoms with E-state index in [4.69, 9.17) is 4.74 Å². The van der Waals surface area contributed by atoms with Crippen molar-refractivity contribution in [3.63, 3.8) is 0 Å². The van der Waals surface area contributed by atoms with Gasteiger partial charge in [0.1, 0.15) is 0 Å². The van der Waals surface area contributed by atoms with Gasteiger partial charge in [0.05, 0.1) is 36.6 Å². The van der Waals surface area contributed by atoms with Crippen LogP contribution in [0.15, 0.2) is 24.7 Å². The first-order valence-corrected chi connectivity index (χ1v) is 9.92. The summed E-state index contributed by atoms with van der Waals surface area (Å²) in [6, 6.07) is 1.84. The van der Waals surface area contributed by atoms with Gasteiger partial charge in [0.25, 0.3) is 0 Å². The first-order valence-electron chi connectivity index (χ1n) is 9.92. The van der Waals surface area contributed by atoms with Crippen LogP contribution in [0.1, 0.15) is 39.7 Å². The average molecular weight is 398 g/mol. The number of anilines is 2. The molecule has 0 saturated heterocycles. The number of urea groups is 1. The molecule has 2 aliphatic rings. The molecule has 0 spiro atoms. The zero-order valence-corrected chi connectivity index (χ0v) is 17.1. The van der Waals surface area contributed by atoms with Crippen LogP contribution in [0.5, 0.6) is 0 Å². The van der Waals surface area contributed by atoms with Crippen LogP contribution in [0.4, 0.5) is 21.1 Å². The second kappa shape index (κ2) is 7.38. The molecule has 154 valence electrons. The quantitative estimate of drug-likeness (QED) is 0.857. The van der Waals surface area contributed by atoms with Crippen LogP contribution >= 0.6 is 0 Å². The monoisotopic (exact) mass is 398 g/mol. The van der Waals surface area contributed by atoms with E-state index in [2.05, 4.69) is 15.4 Å². The van der Waals surface area contributed by atoms with Crippen molar-refractivity contribution in [3.8, 4) is 11.1 Å². The fourth-order valence-corrected chi connectivity index (χ4v) is 3.52. The molecule has 0 aromatic carbocycles. The SMILES string of the molecule is CNC(=O)N1c2ncc(-c3cnn(C4CC4)c3)cc2N(C(=O)OC(C)C)CC1C. The Morgan fingerprint density at radius 3 is 2.66 bits per heavy atom. The molecule has 0 radical (unpaired) electrons. The molecule has 9 nitrogen and oxygen atoms in total. The van der Waals surface area contributed by atoms with E-state index in [0.29, 0.717) is 24.1 Å². The molecular formula is C20H26N6O3. The van der Waals surface area contributed by atoms with Crippen LogP contribution in [0.3, 0.4) is 0 Å². The van der Waals surface area contributed by atoms with E-state index in [9.17, 15) is 9.59 Å². The largest absolute Gasteiger partial charge is 0.446 e. The molecule has 2 aromatic rings. The van der Waals surface area contributed by atoms with Gasteiger partial charge in [-0.3, -0.25) is 14.5 Å². The van der Waals surface area contributed by atoms with Crippen molar-refractivity contribution in [2.75, 3.05) is 23.4 Å². The van der Waals surface area contributed by atoms with Crippen molar-refractivity contribution in [3.05, 3.63) is 24.7 Å². The molecule has 1 N–H and O–H groups in total. The maximum Gasteiger partial charge on any atom is 0.414 e. The number of carbonyl (C=O) groups is 2. The van der Waals surface area contributed by atoms with Crippen molar-refractivity contribution in [1.82, 2.24) is 20.1 Å². The van der Waals surface area contributed by atoms with E-state index in [-0.39, 0.29) is 18.2 Å². The molecule has 1 aliphatic carbocycles. The lowest BCUT2D eigenvalue weighted by atomic mass is 10.1. The highest BCUT2D eigenvalue weighted by Gasteiger charge is 2.37. The summed E-state index contributed by atoms with van der Waals surface area (Å²) in [5, 5.41) is 7.09. The number of fused-ring (bicyclic) bond motifs is 1. The molecule has 1 saturated carbocycles. The summed E-state index contributed by atoms with van der Waals surface area (Å²) in [5.74, 6) is 0.433. The molecule has 1 atom stereocenters. The van der Waals surface area contributed by atoms with Crippen LogP contribution in [0, 0.1) is 0 Å². The number of pyridine rings is 1. The lowest BCUT2D eigenvalue weighted by Gasteiger charge is -2.39. The topological polar surface area (TPSA) is 92.6 Å². The van der Waals surface area contributed by atoms with Gasteiger partial charge in [0, 0.05) is 30.6 Å². The number of hydrogen-bond donors (Lipinski definition) is 1. The van der Waals surface area contributed by atoms with Crippen LogP contribution in [0.2, 0.25) is 0 Å². The molecule has 3 heterocycles. The smallest absolute Gasteiger partial charge is 0.414 e. The number of nitrogens with one attached hydrogen (secondary N) is 1. The minimum Gasteiger partial charge on any atom is -0.446 e. The van der Waals surface area contributed by atoms with Gasteiger partial charge in [0.2, 0.25) is 0 Å². The molecule has 1 aliphatic heterocycles. The second-order valence-corrected chi connectivity index (χ2v) is 7.82. The van der Waals surface area contributed by atoms with Gasteiger partial charge in [-0.25, -0.2) is 14.6 Å². The number of nitrogens with zero attached hydrogens (tertiary/aromatic N) is 5. The Hall–Kier alpha value is -3.10. The van der Waals surface area contributed by atoms with Crippen LogP contribution < -0.4 is 15.1 Å². The molecule has 2 aromatic heterocycles. The Morgan fingerprint density at radius 2 is 2.00 bits per heavy atom. The predicted octanol–water partition coefficient (Wildman–Crippen LogP) is 3.18. The Labute approximate surface area is 169 Å². The van der Waals surface area contributed by atoms with Gasteiger partial charge >= 0.3 is 12.1 Å². The molecule has 1 fully saturated rings. The summed E-state index contributed by atoms with van der Waals surface area (Å²) in [4.78, 5) is 32.9. The molecule has 3 amide bonds. The molecular weight excluding hydrogens is 372 g/mol. The van der Waals surface area contributed by atoms with Gasteiger partial charge in [-0.15, -0.1) is 0 Å². The van der Waals surface area contributed by atoms with E-state index < -0.39 is 6.09 Å². The fourth-order valence-electron chi connectivity index (χ4n) is 3.52. The van der Waals surface area contributed by atoms with E-state index in [0.717, 1.165) is 24.0 Å². The third-order valence-corrected chi connectivity index (χ3v) is 5.10. The normalized spacial score (nSPS) is 18.6. The standard InChI is InChI=1S/C20H26N6O3/c1-12(2)29-20(28)24-10-13(3)26(19(27)21-4)18-17(24)7-14(8-22-18)15-9-23-25(11-15)16-5-6-16/h7-9,11-13,16H,5-6,10H2,1-4H3,(H,21,27). The van der Waals surface area contributed by atoms with Crippen molar-refractivity contribution < 1.29 is 14.3 Å². The first kappa shape index (κ1) is 19.2. The zero-order chi connectivity index (χ0) is 20.7. The Bertz CT molecular complexity index is 936. The third-order valence-electron chi connectivity index (χ3n) is 5.10. The Kier molecular flexibility index (Phi) is 4.89. The van der Waals surface area contributed by atoms with Crippen molar-refractivity contribution in [2.24, 2.45) is 0 Å². The van der Waals surface area contributed by atoms with E-state index in [1.165, 1.54) is 0 Å². The number of amides is 3. The van der Waals surface area contributed by atoms with E-state index in [1.807, 2.05) is 37.7 Å². The Morgan fingerprint density at radius 1 is 1.24 bits per heavy atom.